The lowest BCUT2D eigenvalue weighted by molar-refractivity contribution is -0.697. The van der Waals surface area contributed by atoms with Crippen LogP contribution < -0.4 is 31.6 Å². The number of ether oxygens (including phenoxy) is 1. The van der Waals surface area contributed by atoms with Gasteiger partial charge in [0.25, 0.3) is 0 Å². The van der Waals surface area contributed by atoms with Gasteiger partial charge in [-0.2, -0.15) is 0 Å². The number of imidazole rings is 1. The summed E-state index contributed by atoms with van der Waals surface area (Å²) in [7, 11) is -5.04. The molecule has 1 aromatic heterocycles. The highest BCUT2D eigenvalue weighted by Gasteiger charge is 2.38. The van der Waals surface area contributed by atoms with Gasteiger partial charge in [-0.15, -0.1) is 0 Å². The van der Waals surface area contributed by atoms with Crippen LogP contribution >= 0.6 is 7.82 Å². The van der Waals surface area contributed by atoms with Crippen LogP contribution in [0, 0.1) is 11.3 Å². The summed E-state index contributed by atoms with van der Waals surface area (Å²) in [5.74, 6) is -5.76. The Morgan fingerprint density at radius 3 is 2.10 bits per heavy atom. The van der Waals surface area contributed by atoms with Crippen LogP contribution in [0.3, 0.4) is 0 Å². The van der Waals surface area contributed by atoms with Gasteiger partial charge in [0.15, 0.2) is 0 Å². The first-order valence-electron chi connectivity index (χ1n) is 24.4. The van der Waals surface area contributed by atoms with E-state index in [-0.39, 0.29) is 37.8 Å². The second-order valence-corrected chi connectivity index (χ2v) is 20.8. The van der Waals surface area contributed by atoms with Gasteiger partial charge < -0.3 is 51.7 Å². The highest BCUT2D eigenvalue weighted by atomic mass is 31.2. The van der Waals surface area contributed by atoms with Crippen LogP contribution in [0.2, 0.25) is 0 Å². The summed E-state index contributed by atoms with van der Waals surface area (Å²) in [4.78, 5) is 105. The average Bonchev–Trinajstić information content (AvgIpc) is 3.95. The van der Waals surface area contributed by atoms with Gasteiger partial charge in [-0.05, 0) is 84.1 Å². The number of phosphoric ester groups is 1. The number of aromatic nitrogens is 2. The Morgan fingerprint density at radius 1 is 0.873 bits per heavy atom. The maximum Gasteiger partial charge on any atom is 0.475 e. The molecular weight excluding hydrogens is 944 g/mol. The molecule has 22 nitrogen and oxygen atoms in total. The normalized spacial score (nSPS) is 16.8. The van der Waals surface area contributed by atoms with E-state index in [0.29, 0.717) is 31.6 Å². The molecule has 1 aliphatic heterocycles. The Morgan fingerprint density at radius 2 is 1.49 bits per heavy atom. The molecule has 2 aromatic rings. The number of rotatable bonds is 31. The van der Waals surface area contributed by atoms with Gasteiger partial charge in [0.05, 0.1) is 31.3 Å². The fourth-order valence-corrected chi connectivity index (χ4v) is 8.80. The van der Waals surface area contributed by atoms with Crippen LogP contribution in [0.25, 0.3) is 0 Å². The number of nitrogens with two attached hydrogens (primary N) is 1. The van der Waals surface area contributed by atoms with Crippen molar-refractivity contribution in [3.63, 3.8) is 0 Å². The predicted octanol–water partition coefficient (Wildman–Crippen LogP) is 1.44. The number of esters is 1. The number of aryl methyl sites for hydroxylation is 2. The molecule has 1 unspecified atom stereocenters. The van der Waals surface area contributed by atoms with E-state index in [1.54, 1.807) is 37.9 Å². The van der Waals surface area contributed by atoms with Crippen molar-refractivity contribution in [1.29, 1.82) is 0 Å². The van der Waals surface area contributed by atoms with Crippen LogP contribution in [-0.4, -0.2) is 129 Å². The lowest BCUT2D eigenvalue weighted by Crippen LogP contribution is -2.61. The second kappa shape index (κ2) is 29.3. The van der Waals surface area contributed by atoms with Gasteiger partial charge in [-0.25, -0.2) is 18.2 Å². The maximum atomic E-state index is 14.4. The summed E-state index contributed by atoms with van der Waals surface area (Å²) in [5, 5.41) is 30.4. The third-order valence-electron chi connectivity index (χ3n) is 11.8. The average molecular weight is 1020 g/mol. The molecule has 1 aliphatic rings. The van der Waals surface area contributed by atoms with Crippen molar-refractivity contribution in [1.82, 2.24) is 30.7 Å². The zero-order valence-corrected chi connectivity index (χ0v) is 43.2. The monoisotopic (exact) mass is 1020 g/mol. The van der Waals surface area contributed by atoms with Gasteiger partial charge in [0, 0.05) is 19.9 Å². The van der Waals surface area contributed by atoms with Crippen molar-refractivity contribution in [2.24, 2.45) is 17.1 Å². The standard InChI is InChI=1S/C48H77N8O14P/c1-32(2)26-37(51-46(64)40-21-17-23-56(40)34(4)59)43(61)50-38(27-36-28-54(24-25-57)30-55(36)22-16-11-9-8-10-13-18-35-19-14-12-15-20-35)44(62)52-39(29-58)45(63)53-41(42(49)60)33(3)70-71(66,67)69-31-68-47(65)48(5,6)7/h12,14-15,19-20,28,30,32-33,37-41,57-58H,8-11,13,16-18,21-27,29,31H2,1-7H3,(H6-,49,50,51,52,53,60,61,62,63,64,66,67)/p+1/t33-,37+,38+,39+,40+,41+/m1/s1. The van der Waals surface area contributed by atoms with Crippen molar-refractivity contribution in [3.8, 4) is 0 Å². The summed E-state index contributed by atoms with van der Waals surface area (Å²) in [6.45, 7) is 9.76. The smallest absolute Gasteiger partial charge is 0.437 e. The molecule has 1 saturated heterocycles. The molecule has 0 saturated carbocycles. The first kappa shape index (κ1) is 60.1. The first-order valence-corrected chi connectivity index (χ1v) is 25.9. The Labute approximate surface area is 416 Å². The van der Waals surface area contributed by atoms with Crippen LogP contribution in [-0.2, 0) is 77.8 Å². The van der Waals surface area contributed by atoms with Crippen LogP contribution in [0.5, 0.6) is 0 Å². The van der Waals surface area contributed by atoms with E-state index in [9.17, 15) is 53.2 Å². The van der Waals surface area contributed by atoms with Gasteiger partial charge in [-0.3, -0.25) is 38.1 Å². The van der Waals surface area contributed by atoms with Crippen molar-refractivity contribution in [2.75, 3.05) is 26.6 Å². The number of hydrogen-bond acceptors (Lipinski definition) is 13. The second-order valence-electron chi connectivity index (χ2n) is 19.4. The summed E-state index contributed by atoms with van der Waals surface area (Å²) in [6.07, 6.45) is 9.82. The Balaban J connectivity index is 1.84. The summed E-state index contributed by atoms with van der Waals surface area (Å²) >= 11 is 0. The Kier molecular flexibility index (Phi) is 24.8. The van der Waals surface area contributed by atoms with E-state index >= 15 is 0 Å². The first-order chi connectivity index (χ1) is 33.5. The van der Waals surface area contributed by atoms with Crippen molar-refractivity contribution < 1.29 is 71.6 Å². The van der Waals surface area contributed by atoms with Crippen LogP contribution in [0.15, 0.2) is 42.9 Å². The molecule has 3 rings (SSSR count). The topological polar surface area (TPSA) is 311 Å². The third-order valence-corrected chi connectivity index (χ3v) is 12.9. The Hall–Kier alpha value is -5.25. The Bertz CT molecular complexity index is 2120. The highest BCUT2D eigenvalue weighted by Crippen LogP contribution is 2.45. The SMILES string of the molecule is CC(=O)N1CCC[C@H]1C(=O)N[C@@H](CC(C)C)C(=O)N[C@@H](Cc1c[n+](CCO)cn1CCCCCCCCc1ccccc1)C(=O)N[C@@H](CO)C(=O)N[C@H](C(N)=O)[C@@H](C)OP(=O)(O)OCOC(=O)C(C)(C)C. The molecule has 2 heterocycles. The van der Waals surface area contributed by atoms with Crippen molar-refractivity contribution in [3.05, 3.63) is 54.1 Å². The number of nitrogens with zero attached hydrogens (tertiary/aromatic N) is 3. The van der Waals surface area contributed by atoms with Gasteiger partial charge in [0.1, 0.15) is 48.6 Å². The third kappa shape index (κ3) is 20.8. The molecule has 1 aromatic carbocycles. The molecule has 71 heavy (non-hydrogen) atoms. The molecule has 0 bridgehead atoms. The molecule has 7 atom stereocenters. The number of carbonyl (C=O) groups is 7. The molecular formula is C48H78N8O14P+. The number of aliphatic hydroxyl groups excluding tert-OH is 2. The summed E-state index contributed by atoms with van der Waals surface area (Å²) in [5.41, 5.74) is 6.46. The minimum atomic E-state index is -5.04. The van der Waals surface area contributed by atoms with E-state index in [4.69, 9.17) is 19.5 Å². The number of unbranched alkanes of at least 4 members (excludes halogenated alkanes) is 5. The summed E-state index contributed by atoms with van der Waals surface area (Å²) < 4.78 is 30.9. The molecule has 398 valence electrons. The highest BCUT2D eigenvalue weighted by molar-refractivity contribution is 7.47. The van der Waals surface area contributed by atoms with E-state index < -0.39 is 98.5 Å². The molecule has 0 spiro atoms. The quantitative estimate of drug-likeness (QED) is 0.0174. The predicted molar refractivity (Wildman–Crippen MR) is 259 cm³/mol. The molecule has 23 heteroatoms. The molecule has 0 aliphatic carbocycles. The van der Waals surface area contributed by atoms with E-state index in [2.05, 4.69) is 33.4 Å². The number of amides is 6. The van der Waals surface area contributed by atoms with E-state index in [0.717, 1.165) is 51.9 Å². The van der Waals surface area contributed by atoms with E-state index in [1.165, 1.54) is 17.4 Å². The van der Waals surface area contributed by atoms with Crippen LogP contribution in [0.1, 0.15) is 118 Å². The fourth-order valence-electron chi connectivity index (χ4n) is 8.01. The summed E-state index contributed by atoms with van der Waals surface area (Å²) in [6, 6.07) is 3.32. The van der Waals surface area contributed by atoms with Gasteiger partial charge in [-0.1, -0.05) is 63.4 Å². The zero-order valence-electron chi connectivity index (χ0n) is 42.3. The zero-order chi connectivity index (χ0) is 52.9. The molecule has 1 fully saturated rings. The van der Waals surface area contributed by atoms with E-state index in [1.807, 2.05) is 36.6 Å². The number of carbonyl (C=O) groups excluding carboxylic acids is 7. The van der Waals surface area contributed by atoms with Crippen molar-refractivity contribution in [2.45, 2.75) is 168 Å². The number of phosphoric acid groups is 1. The number of benzene rings is 1. The molecule has 6 amide bonds. The van der Waals surface area contributed by atoms with Gasteiger partial charge >= 0.3 is 13.8 Å². The lowest BCUT2D eigenvalue weighted by atomic mass is 9.98. The number of primary amides is 1. The number of aliphatic hydroxyl groups is 2. The number of hydrogen-bond donors (Lipinski definition) is 8. The minimum Gasteiger partial charge on any atom is -0.437 e. The maximum absolute atomic E-state index is 14.4. The van der Waals surface area contributed by atoms with Crippen molar-refractivity contribution >= 4 is 49.2 Å². The fraction of sp³-hybridized carbons (Fsp3) is 0.667. The molecule has 9 N–H and O–H groups in total. The largest absolute Gasteiger partial charge is 0.475 e. The minimum absolute atomic E-state index is 0.117. The number of likely N-dealkylation sites (tertiary alicyclic amines) is 1. The van der Waals surface area contributed by atoms with Gasteiger partial charge in [0.2, 0.25) is 48.6 Å². The molecule has 0 radical (unpaired) electrons. The lowest BCUT2D eigenvalue weighted by Gasteiger charge is -2.28. The number of nitrogens with one attached hydrogen (secondary N) is 4. The van der Waals surface area contributed by atoms with Crippen LogP contribution in [0.4, 0.5) is 0 Å².